The van der Waals surface area contributed by atoms with Crippen LogP contribution in [-0.2, 0) is 21.2 Å². The molecule has 0 aromatic carbocycles. The molecule has 2 N–H and O–H groups in total. The fourth-order valence-corrected chi connectivity index (χ4v) is 4.90. The van der Waals surface area contributed by atoms with Crippen LogP contribution in [0.5, 0.6) is 0 Å². The van der Waals surface area contributed by atoms with Crippen LogP contribution in [0.3, 0.4) is 0 Å². The zero-order valence-corrected chi connectivity index (χ0v) is 12.5. The summed E-state index contributed by atoms with van der Waals surface area (Å²) in [5.41, 5.74) is -0.530. The average Bonchev–Trinajstić information content (AvgIpc) is 2.78. The number of rotatable bonds is 5. The van der Waals surface area contributed by atoms with Gasteiger partial charge in [-0.15, -0.1) is 11.3 Å². The van der Waals surface area contributed by atoms with Crippen LogP contribution in [0, 0.1) is 0 Å². The smallest absolute Gasteiger partial charge is 0.250 e. The molecular weight excluding hydrogens is 286 g/mol. The van der Waals surface area contributed by atoms with Crippen molar-refractivity contribution < 1.29 is 18.3 Å². The molecular formula is C12H19NO4S2. The lowest BCUT2D eigenvalue weighted by Gasteiger charge is -2.33. The van der Waals surface area contributed by atoms with Crippen molar-refractivity contribution in [3.8, 4) is 0 Å². The van der Waals surface area contributed by atoms with E-state index in [1.807, 2.05) is 6.92 Å². The molecule has 1 fully saturated rings. The van der Waals surface area contributed by atoms with Crippen LogP contribution in [0.25, 0.3) is 0 Å². The molecule has 108 valence electrons. The van der Waals surface area contributed by atoms with Gasteiger partial charge in [-0.2, -0.15) is 0 Å². The topological polar surface area (TPSA) is 75.6 Å². The minimum atomic E-state index is -3.51. The Morgan fingerprint density at radius 2 is 2.32 bits per heavy atom. The monoisotopic (exact) mass is 305 g/mol. The van der Waals surface area contributed by atoms with E-state index in [4.69, 9.17) is 9.84 Å². The first-order valence-electron chi connectivity index (χ1n) is 6.26. The van der Waals surface area contributed by atoms with Gasteiger partial charge < -0.3 is 9.84 Å². The molecule has 1 aliphatic rings. The molecule has 0 spiro atoms. The van der Waals surface area contributed by atoms with E-state index in [0.29, 0.717) is 23.8 Å². The van der Waals surface area contributed by atoms with E-state index in [-0.39, 0.29) is 6.61 Å². The van der Waals surface area contributed by atoms with Crippen molar-refractivity contribution in [1.29, 1.82) is 0 Å². The Morgan fingerprint density at radius 1 is 1.53 bits per heavy atom. The Bertz CT molecular complexity index is 518. The Labute approximate surface area is 117 Å². The highest BCUT2D eigenvalue weighted by Crippen LogP contribution is 2.26. The molecule has 0 bridgehead atoms. The van der Waals surface area contributed by atoms with Crippen molar-refractivity contribution in [2.75, 3.05) is 19.8 Å². The summed E-state index contributed by atoms with van der Waals surface area (Å²) in [6, 6.07) is 3.33. The van der Waals surface area contributed by atoms with E-state index in [9.17, 15) is 8.42 Å². The van der Waals surface area contributed by atoms with E-state index in [0.717, 1.165) is 17.7 Å². The van der Waals surface area contributed by atoms with Crippen LogP contribution in [-0.4, -0.2) is 38.9 Å². The van der Waals surface area contributed by atoms with Gasteiger partial charge in [0.2, 0.25) is 0 Å². The summed E-state index contributed by atoms with van der Waals surface area (Å²) in [5, 5.41) is 8.86. The van der Waals surface area contributed by atoms with Crippen molar-refractivity contribution >= 4 is 21.4 Å². The Kier molecular flexibility index (Phi) is 4.62. The van der Waals surface area contributed by atoms with Gasteiger partial charge in [0.25, 0.3) is 10.0 Å². The number of nitrogens with one attached hydrogen (secondary N) is 1. The molecule has 2 rings (SSSR count). The maximum atomic E-state index is 12.3. The third-order valence-electron chi connectivity index (χ3n) is 3.08. The molecule has 1 saturated heterocycles. The molecule has 19 heavy (non-hydrogen) atoms. The van der Waals surface area contributed by atoms with Crippen LogP contribution < -0.4 is 4.72 Å². The number of ether oxygens (including phenoxy) is 1. The van der Waals surface area contributed by atoms with Crippen LogP contribution in [0.15, 0.2) is 16.3 Å². The molecule has 1 aliphatic heterocycles. The second-order valence-electron chi connectivity index (χ2n) is 5.02. The van der Waals surface area contributed by atoms with Crippen molar-refractivity contribution in [2.24, 2.45) is 0 Å². The van der Waals surface area contributed by atoms with E-state index in [1.54, 1.807) is 12.1 Å². The number of thiophene rings is 1. The molecule has 1 atom stereocenters. The minimum absolute atomic E-state index is 0.0268. The average molecular weight is 305 g/mol. The first kappa shape index (κ1) is 14.9. The summed E-state index contributed by atoms with van der Waals surface area (Å²) in [5.74, 6) is 0. The zero-order chi connectivity index (χ0) is 13.9. The minimum Gasteiger partial charge on any atom is -0.396 e. The second kappa shape index (κ2) is 5.88. The summed E-state index contributed by atoms with van der Waals surface area (Å²) < 4.78 is 33.0. The molecule has 5 nitrogen and oxygen atoms in total. The van der Waals surface area contributed by atoms with Gasteiger partial charge in [-0.1, -0.05) is 0 Å². The van der Waals surface area contributed by atoms with Gasteiger partial charge in [0.1, 0.15) is 4.21 Å². The van der Waals surface area contributed by atoms with Gasteiger partial charge in [0, 0.05) is 24.5 Å². The summed E-state index contributed by atoms with van der Waals surface area (Å²) in [6.07, 6.45) is 2.13. The number of aliphatic hydroxyl groups excluding tert-OH is 1. The quantitative estimate of drug-likeness (QED) is 0.855. The Hall–Kier alpha value is -0.470. The van der Waals surface area contributed by atoms with Crippen molar-refractivity contribution in [3.63, 3.8) is 0 Å². The van der Waals surface area contributed by atoms with Crippen LogP contribution in [0.2, 0.25) is 0 Å². The van der Waals surface area contributed by atoms with E-state index < -0.39 is 15.6 Å². The predicted molar refractivity (Wildman–Crippen MR) is 73.9 cm³/mol. The first-order valence-corrected chi connectivity index (χ1v) is 8.56. The van der Waals surface area contributed by atoms with Crippen molar-refractivity contribution in [1.82, 2.24) is 4.72 Å². The third-order valence-corrected chi connectivity index (χ3v) is 6.35. The maximum absolute atomic E-state index is 12.3. The molecule has 7 heteroatoms. The van der Waals surface area contributed by atoms with Crippen molar-refractivity contribution in [3.05, 3.63) is 17.0 Å². The molecule has 1 aromatic rings. The highest BCUT2D eigenvalue weighted by Gasteiger charge is 2.33. The number of sulfonamides is 1. The zero-order valence-electron chi connectivity index (χ0n) is 10.9. The van der Waals surface area contributed by atoms with Gasteiger partial charge in [0.15, 0.2) is 0 Å². The third kappa shape index (κ3) is 3.76. The van der Waals surface area contributed by atoms with Crippen LogP contribution >= 0.6 is 11.3 Å². The SMILES string of the molecule is CC1(NS(=O)(=O)c2ccc(CCO)s2)CCCOC1. The van der Waals surface area contributed by atoms with E-state index >= 15 is 0 Å². The summed E-state index contributed by atoms with van der Waals surface area (Å²) in [6.45, 7) is 2.99. The first-order chi connectivity index (χ1) is 8.95. The molecule has 2 heterocycles. The number of hydrogen-bond donors (Lipinski definition) is 2. The Morgan fingerprint density at radius 3 is 2.95 bits per heavy atom. The van der Waals surface area contributed by atoms with Gasteiger partial charge in [-0.05, 0) is 31.9 Å². The molecule has 0 amide bonds. The molecule has 0 saturated carbocycles. The highest BCUT2D eigenvalue weighted by atomic mass is 32.2. The fraction of sp³-hybridized carbons (Fsp3) is 0.667. The van der Waals surface area contributed by atoms with E-state index in [1.165, 1.54) is 11.3 Å². The van der Waals surface area contributed by atoms with Gasteiger partial charge in [0.05, 0.1) is 12.1 Å². The molecule has 0 radical (unpaired) electrons. The standard InChI is InChI=1S/C12H19NO4S2/c1-12(6-2-8-17-9-12)13-19(15,16)11-4-3-10(18-11)5-7-14/h3-4,13-14H,2,5-9H2,1H3. The highest BCUT2D eigenvalue weighted by molar-refractivity contribution is 7.91. The fourth-order valence-electron chi connectivity index (χ4n) is 2.14. The lowest BCUT2D eigenvalue weighted by molar-refractivity contribution is 0.0387. The molecule has 1 unspecified atom stereocenters. The van der Waals surface area contributed by atoms with E-state index in [2.05, 4.69) is 4.72 Å². The normalized spacial score (nSPS) is 24.5. The second-order valence-corrected chi connectivity index (χ2v) is 8.09. The summed E-state index contributed by atoms with van der Waals surface area (Å²) in [7, 11) is -3.51. The van der Waals surface area contributed by atoms with Crippen molar-refractivity contribution in [2.45, 2.75) is 35.9 Å². The lowest BCUT2D eigenvalue weighted by Crippen LogP contribution is -2.51. The Balaban J connectivity index is 2.12. The molecule has 0 aliphatic carbocycles. The van der Waals surface area contributed by atoms with Crippen LogP contribution in [0.1, 0.15) is 24.6 Å². The largest absolute Gasteiger partial charge is 0.396 e. The van der Waals surface area contributed by atoms with Crippen LogP contribution in [0.4, 0.5) is 0 Å². The maximum Gasteiger partial charge on any atom is 0.250 e. The summed E-state index contributed by atoms with van der Waals surface area (Å²) in [4.78, 5) is 0.868. The number of hydrogen-bond acceptors (Lipinski definition) is 5. The van der Waals surface area contributed by atoms with Gasteiger partial charge in [-0.25, -0.2) is 13.1 Å². The summed E-state index contributed by atoms with van der Waals surface area (Å²) >= 11 is 1.20. The molecule has 1 aromatic heterocycles. The lowest BCUT2D eigenvalue weighted by atomic mass is 9.97. The number of aliphatic hydroxyl groups is 1. The van der Waals surface area contributed by atoms with Gasteiger partial charge in [-0.3, -0.25) is 0 Å². The van der Waals surface area contributed by atoms with Gasteiger partial charge >= 0.3 is 0 Å². The predicted octanol–water partition coefficient (Wildman–Crippen LogP) is 1.13.